The molecule has 0 bridgehead atoms. The zero-order chi connectivity index (χ0) is 21.4. The number of amides is 1. The van der Waals surface area contributed by atoms with Crippen LogP contribution in [-0.4, -0.2) is 22.7 Å². The molecular formula is C25H20FN3O2. The third-order valence-electron chi connectivity index (χ3n) is 5.43. The van der Waals surface area contributed by atoms with Crippen LogP contribution >= 0.6 is 0 Å². The molecule has 1 unspecified atom stereocenters. The van der Waals surface area contributed by atoms with Gasteiger partial charge in [0, 0.05) is 16.8 Å². The molecule has 31 heavy (non-hydrogen) atoms. The number of nitrogens with zero attached hydrogens (tertiary/aromatic N) is 2. The highest BCUT2D eigenvalue weighted by atomic mass is 19.1. The number of carbonyl (C=O) groups is 1. The molecular weight excluding hydrogens is 393 g/mol. The maximum atomic E-state index is 13.6. The summed E-state index contributed by atoms with van der Waals surface area (Å²) in [7, 11) is 0. The molecule has 0 fully saturated rings. The van der Waals surface area contributed by atoms with Gasteiger partial charge in [-0.25, -0.2) is 4.39 Å². The van der Waals surface area contributed by atoms with E-state index >= 15 is 0 Å². The van der Waals surface area contributed by atoms with E-state index in [0.29, 0.717) is 18.0 Å². The Morgan fingerprint density at radius 2 is 1.71 bits per heavy atom. The molecule has 1 aliphatic rings. The van der Waals surface area contributed by atoms with E-state index in [9.17, 15) is 9.18 Å². The molecule has 0 spiro atoms. The number of anilines is 1. The second-order valence-electron chi connectivity index (χ2n) is 7.28. The maximum Gasteiger partial charge on any atom is 0.277 e. The molecule has 1 aliphatic heterocycles. The number of hydrogen-bond donors (Lipinski definition) is 1. The zero-order valence-corrected chi connectivity index (χ0v) is 16.9. The lowest BCUT2D eigenvalue weighted by Gasteiger charge is -2.26. The molecule has 0 saturated carbocycles. The van der Waals surface area contributed by atoms with Gasteiger partial charge in [0.05, 0.1) is 18.3 Å². The lowest BCUT2D eigenvalue weighted by atomic mass is 9.96. The van der Waals surface area contributed by atoms with Crippen LogP contribution in [0, 0.1) is 5.82 Å². The topological polar surface area (TPSA) is 58.2 Å². The van der Waals surface area contributed by atoms with Crippen LogP contribution in [0.5, 0.6) is 5.75 Å². The summed E-state index contributed by atoms with van der Waals surface area (Å²) >= 11 is 0. The summed E-state index contributed by atoms with van der Waals surface area (Å²) in [5, 5.41) is 7.41. The minimum atomic E-state index is -0.425. The van der Waals surface area contributed by atoms with Gasteiger partial charge in [0.25, 0.3) is 5.91 Å². The molecule has 4 aromatic rings. The number of ether oxygens (including phenoxy) is 1. The van der Waals surface area contributed by atoms with E-state index in [1.807, 2.05) is 61.5 Å². The molecule has 5 rings (SSSR count). The van der Waals surface area contributed by atoms with Crippen molar-refractivity contribution in [1.29, 1.82) is 0 Å². The summed E-state index contributed by atoms with van der Waals surface area (Å²) in [5.74, 6) is 0.286. The van der Waals surface area contributed by atoms with E-state index in [0.717, 1.165) is 28.1 Å². The third kappa shape index (κ3) is 3.26. The molecule has 6 heteroatoms. The van der Waals surface area contributed by atoms with Gasteiger partial charge in [-0.05, 0) is 61.0 Å². The van der Waals surface area contributed by atoms with E-state index in [4.69, 9.17) is 4.74 Å². The molecule has 5 nitrogen and oxygen atoms in total. The molecule has 1 amide bonds. The quantitative estimate of drug-likeness (QED) is 0.479. The Kier molecular flexibility index (Phi) is 4.75. The van der Waals surface area contributed by atoms with Crippen molar-refractivity contribution < 1.29 is 13.9 Å². The SMILES string of the molecule is CCOc1ccc(-c2n[nH]c3c2C(c2ccc(F)cc2)N(c2ccccc2)C3=O)cc1. The number of carbonyl (C=O) groups excluding carboxylic acids is 1. The molecule has 154 valence electrons. The fourth-order valence-electron chi connectivity index (χ4n) is 4.06. The van der Waals surface area contributed by atoms with Crippen molar-refractivity contribution in [2.24, 2.45) is 0 Å². The molecule has 3 aromatic carbocycles. The number of fused-ring (bicyclic) bond motifs is 1. The highest BCUT2D eigenvalue weighted by Gasteiger charge is 2.43. The Morgan fingerprint density at radius 3 is 2.39 bits per heavy atom. The predicted molar refractivity (Wildman–Crippen MR) is 117 cm³/mol. The number of aromatic nitrogens is 2. The van der Waals surface area contributed by atoms with Crippen LogP contribution in [0.2, 0.25) is 0 Å². The van der Waals surface area contributed by atoms with Gasteiger partial charge in [0.15, 0.2) is 0 Å². The van der Waals surface area contributed by atoms with E-state index in [2.05, 4.69) is 10.2 Å². The van der Waals surface area contributed by atoms with E-state index < -0.39 is 6.04 Å². The lowest BCUT2D eigenvalue weighted by Crippen LogP contribution is -2.29. The number of nitrogens with one attached hydrogen (secondary N) is 1. The Hall–Kier alpha value is -3.93. The first-order valence-electron chi connectivity index (χ1n) is 10.1. The van der Waals surface area contributed by atoms with E-state index in [1.54, 1.807) is 17.0 Å². The molecule has 2 heterocycles. The summed E-state index contributed by atoms with van der Waals surface area (Å²) in [4.78, 5) is 15.1. The number of benzene rings is 3. The molecule has 1 atom stereocenters. The van der Waals surface area contributed by atoms with Gasteiger partial charge < -0.3 is 4.74 Å². The normalized spacial score (nSPS) is 15.2. The standard InChI is InChI=1S/C25H20FN3O2/c1-2-31-20-14-10-16(11-15-20)22-21-23(28-27-22)25(30)29(19-6-4-3-5-7-19)24(21)17-8-12-18(26)13-9-17/h3-15,24H,2H2,1H3,(H,27,28). The highest BCUT2D eigenvalue weighted by Crippen LogP contribution is 2.45. The second kappa shape index (κ2) is 7.72. The van der Waals surface area contributed by atoms with Crippen LogP contribution in [0.15, 0.2) is 78.9 Å². The van der Waals surface area contributed by atoms with Crippen molar-refractivity contribution in [2.75, 3.05) is 11.5 Å². The summed E-state index contributed by atoms with van der Waals surface area (Å²) in [6.07, 6.45) is 0. The van der Waals surface area contributed by atoms with Crippen molar-refractivity contribution in [3.63, 3.8) is 0 Å². The zero-order valence-electron chi connectivity index (χ0n) is 16.9. The van der Waals surface area contributed by atoms with Crippen molar-refractivity contribution >= 4 is 11.6 Å². The Labute approximate surface area is 179 Å². The first kappa shape index (κ1) is 19.1. The first-order valence-corrected chi connectivity index (χ1v) is 10.1. The first-order chi connectivity index (χ1) is 15.2. The molecule has 0 saturated heterocycles. The van der Waals surface area contributed by atoms with Crippen molar-refractivity contribution in [1.82, 2.24) is 10.2 Å². The average molecular weight is 413 g/mol. The second-order valence-corrected chi connectivity index (χ2v) is 7.28. The van der Waals surface area contributed by atoms with Crippen LogP contribution in [-0.2, 0) is 0 Å². The monoisotopic (exact) mass is 413 g/mol. The third-order valence-corrected chi connectivity index (χ3v) is 5.43. The van der Waals surface area contributed by atoms with Gasteiger partial charge in [-0.2, -0.15) is 5.10 Å². The van der Waals surface area contributed by atoms with Gasteiger partial charge in [0.1, 0.15) is 17.3 Å². The van der Waals surface area contributed by atoms with Crippen LogP contribution in [0.25, 0.3) is 11.3 Å². The van der Waals surface area contributed by atoms with Crippen LogP contribution in [0.4, 0.5) is 10.1 Å². The molecule has 0 aliphatic carbocycles. The summed E-state index contributed by atoms with van der Waals surface area (Å²) < 4.78 is 19.2. The number of halogens is 1. The van der Waals surface area contributed by atoms with Gasteiger partial charge >= 0.3 is 0 Å². The number of para-hydroxylation sites is 1. The molecule has 1 N–H and O–H groups in total. The summed E-state index contributed by atoms with van der Waals surface area (Å²) in [6, 6.07) is 22.9. The molecule has 1 aromatic heterocycles. The number of rotatable bonds is 5. The van der Waals surface area contributed by atoms with Gasteiger partial charge in [0.2, 0.25) is 0 Å². The largest absolute Gasteiger partial charge is 0.494 e. The summed E-state index contributed by atoms with van der Waals surface area (Å²) in [6.45, 7) is 2.52. The number of aromatic amines is 1. The summed E-state index contributed by atoms with van der Waals surface area (Å²) in [5.41, 5.74) is 4.37. The van der Waals surface area contributed by atoms with Gasteiger partial charge in [-0.3, -0.25) is 14.8 Å². The smallest absolute Gasteiger partial charge is 0.277 e. The fourth-order valence-corrected chi connectivity index (χ4v) is 4.06. The van der Waals surface area contributed by atoms with E-state index in [-0.39, 0.29) is 11.7 Å². The van der Waals surface area contributed by atoms with Crippen molar-refractivity contribution in [2.45, 2.75) is 13.0 Å². The van der Waals surface area contributed by atoms with Crippen LogP contribution in [0.1, 0.15) is 34.6 Å². The lowest BCUT2D eigenvalue weighted by molar-refractivity contribution is 0.0989. The fraction of sp³-hybridized carbons (Fsp3) is 0.120. The number of hydrogen-bond acceptors (Lipinski definition) is 3. The van der Waals surface area contributed by atoms with Crippen molar-refractivity contribution in [3.05, 3.63) is 102 Å². The maximum absolute atomic E-state index is 13.6. The van der Waals surface area contributed by atoms with Crippen LogP contribution < -0.4 is 9.64 Å². The number of H-pyrrole nitrogens is 1. The Morgan fingerprint density at radius 1 is 1.00 bits per heavy atom. The van der Waals surface area contributed by atoms with Gasteiger partial charge in [-0.1, -0.05) is 30.3 Å². The average Bonchev–Trinajstić information content (AvgIpc) is 3.35. The van der Waals surface area contributed by atoms with Gasteiger partial charge in [-0.15, -0.1) is 0 Å². The van der Waals surface area contributed by atoms with E-state index in [1.165, 1.54) is 12.1 Å². The minimum Gasteiger partial charge on any atom is -0.494 e. The molecule has 0 radical (unpaired) electrons. The predicted octanol–water partition coefficient (Wildman–Crippen LogP) is 5.36. The van der Waals surface area contributed by atoms with Crippen molar-refractivity contribution in [3.8, 4) is 17.0 Å². The minimum absolute atomic E-state index is 0.166. The van der Waals surface area contributed by atoms with Crippen LogP contribution in [0.3, 0.4) is 0 Å². The highest BCUT2D eigenvalue weighted by molar-refractivity contribution is 6.11. The Bertz CT molecular complexity index is 1220. The Balaban J connectivity index is 1.66.